The van der Waals surface area contributed by atoms with Crippen molar-refractivity contribution in [3.8, 4) is 0 Å². The number of esters is 1. The monoisotopic (exact) mass is 272 g/mol. The van der Waals surface area contributed by atoms with Crippen LogP contribution >= 0.6 is 0 Å². The van der Waals surface area contributed by atoms with Gasteiger partial charge in [-0.2, -0.15) is 0 Å². The fraction of sp³-hybridized carbons (Fsp3) is 0.200. The largest absolute Gasteiger partial charge is 0.462 e. The summed E-state index contributed by atoms with van der Waals surface area (Å²) in [7, 11) is 0. The Morgan fingerprint density at radius 1 is 1.20 bits per heavy atom. The third kappa shape index (κ3) is 3.80. The maximum absolute atomic E-state index is 11.7. The molecule has 0 saturated carbocycles. The molecule has 0 aliphatic rings. The number of rotatable bonds is 6. The lowest BCUT2D eigenvalue weighted by atomic mass is 10.2. The van der Waals surface area contributed by atoms with Crippen LogP contribution in [0.15, 0.2) is 48.7 Å². The quantitative estimate of drug-likeness (QED) is 0.647. The first kappa shape index (κ1) is 14.0. The van der Waals surface area contributed by atoms with E-state index in [1.165, 1.54) is 0 Å². The summed E-state index contributed by atoms with van der Waals surface area (Å²) in [5.41, 5.74) is 4.06. The number of nitrogens with one attached hydrogen (secondary N) is 1. The lowest BCUT2D eigenvalue weighted by molar-refractivity contribution is 0.0525. The molecule has 1 heterocycles. The van der Waals surface area contributed by atoms with Crippen LogP contribution in [0.1, 0.15) is 22.8 Å². The minimum atomic E-state index is -0.425. The summed E-state index contributed by atoms with van der Waals surface area (Å²) >= 11 is 0. The Labute approximate surface area is 117 Å². The van der Waals surface area contributed by atoms with Crippen molar-refractivity contribution >= 4 is 11.8 Å². The van der Waals surface area contributed by atoms with Gasteiger partial charge in [-0.15, -0.1) is 0 Å². The van der Waals surface area contributed by atoms with E-state index in [4.69, 9.17) is 9.57 Å². The van der Waals surface area contributed by atoms with Gasteiger partial charge in [-0.25, -0.2) is 15.3 Å². The number of hydrogen-bond donors (Lipinski definition) is 1. The molecule has 5 nitrogen and oxygen atoms in total. The number of benzene rings is 1. The molecule has 0 bridgehead atoms. The average molecular weight is 272 g/mol. The second-order valence-electron chi connectivity index (χ2n) is 4.00. The molecule has 0 radical (unpaired) electrons. The van der Waals surface area contributed by atoms with E-state index in [9.17, 15) is 4.79 Å². The molecule has 2 rings (SSSR count). The van der Waals surface area contributed by atoms with Gasteiger partial charge < -0.3 is 4.74 Å². The van der Waals surface area contributed by atoms with Crippen molar-refractivity contribution in [2.75, 3.05) is 12.1 Å². The Morgan fingerprint density at radius 3 is 2.75 bits per heavy atom. The summed E-state index contributed by atoms with van der Waals surface area (Å²) in [6, 6.07) is 13.0. The summed E-state index contributed by atoms with van der Waals surface area (Å²) in [4.78, 5) is 21.2. The van der Waals surface area contributed by atoms with Crippen LogP contribution in [0.25, 0.3) is 0 Å². The van der Waals surface area contributed by atoms with E-state index in [0.717, 1.165) is 5.56 Å². The maximum atomic E-state index is 11.7. The Balaban J connectivity index is 1.97. The van der Waals surface area contributed by atoms with Crippen molar-refractivity contribution < 1.29 is 14.4 Å². The zero-order chi connectivity index (χ0) is 14.2. The average Bonchev–Trinajstić information content (AvgIpc) is 2.49. The molecule has 0 spiro atoms. The fourth-order valence-electron chi connectivity index (χ4n) is 1.62. The molecule has 1 N–H and O–H groups in total. The van der Waals surface area contributed by atoms with Crippen molar-refractivity contribution in [1.29, 1.82) is 0 Å². The molecular formula is C15H16N2O3. The van der Waals surface area contributed by atoms with Gasteiger partial charge in [0.15, 0.2) is 5.82 Å². The number of aromatic nitrogens is 1. The van der Waals surface area contributed by atoms with Gasteiger partial charge in [-0.05, 0) is 24.6 Å². The van der Waals surface area contributed by atoms with Gasteiger partial charge in [0.1, 0.15) is 5.56 Å². The zero-order valence-corrected chi connectivity index (χ0v) is 11.2. The molecule has 0 saturated heterocycles. The Morgan fingerprint density at radius 2 is 2.00 bits per heavy atom. The van der Waals surface area contributed by atoms with E-state index in [1.54, 1.807) is 25.3 Å². The van der Waals surface area contributed by atoms with Crippen LogP contribution in [-0.4, -0.2) is 17.6 Å². The number of carbonyl (C=O) groups is 1. The van der Waals surface area contributed by atoms with E-state index in [-0.39, 0.29) is 0 Å². The Bertz CT molecular complexity index is 558. The van der Waals surface area contributed by atoms with Gasteiger partial charge >= 0.3 is 5.97 Å². The molecule has 0 atom stereocenters. The van der Waals surface area contributed by atoms with Gasteiger partial charge in [-0.3, -0.25) is 4.84 Å². The maximum Gasteiger partial charge on any atom is 0.341 e. The van der Waals surface area contributed by atoms with Crippen molar-refractivity contribution in [2.45, 2.75) is 13.5 Å². The standard InChI is InChI=1S/C15H16N2O3/c1-2-19-15(18)13-9-6-10-16-14(13)17-20-11-12-7-4-3-5-8-12/h3-10H,2,11H2,1H3,(H,16,17). The van der Waals surface area contributed by atoms with E-state index < -0.39 is 5.97 Å². The van der Waals surface area contributed by atoms with Crippen molar-refractivity contribution in [2.24, 2.45) is 0 Å². The highest BCUT2D eigenvalue weighted by Gasteiger charge is 2.12. The van der Waals surface area contributed by atoms with Crippen molar-refractivity contribution in [3.63, 3.8) is 0 Å². The zero-order valence-electron chi connectivity index (χ0n) is 11.2. The van der Waals surface area contributed by atoms with Gasteiger partial charge in [0.05, 0.1) is 13.2 Å². The third-order valence-corrected chi connectivity index (χ3v) is 2.55. The molecule has 2 aromatic rings. The summed E-state index contributed by atoms with van der Waals surface area (Å²) in [5.74, 6) is -0.0757. The van der Waals surface area contributed by atoms with Crippen LogP contribution in [0.2, 0.25) is 0 Å². The van der Waals surface area contributed by atoms with Crippen LogP contribution in [0, 0.1) is 0 Å². The van der Waals surface area contributed by atoms with Crippen LogP contribution < -0.4 is 5.48 Å². The first-order chi connectivity index (χ1) is 9.81. The van der Waals surface area contributed by atoms with E-state index in [0.29, 0.717) is 24.6 Å². The normalized spacial score (nSPS) is 10.1. The predicted octanol–water partition coefficient (Wildman–Crippen LogP) is 2.80. The molecule has 0 aliphatic carbocycles. The summed E-state index contributed by atoms with van der Waals surface area (Å²) in [6.07, 6.45) is 1.58. The summed E-state index contributed by atoms with van der Waals surface area (Å²) in [6.45, 7) is 2.45. The highest BCUT2D eigenvalue weighted by Crippen LogP contribution is 2.13. The smallest absolute Gasteiger partial charge is 0.341 e. The number of nitrogens with zero attached hydrogens (tertiary/aromatic N) is 1. The van der Waals surface area contributed by atoms with Gasteiger partial charge in [0.25, 0.3) is 0 Å². The molecule has 104 valence electrons. The molecule has 20 heavy (non-hydrogen) atoms. The number of anilines is 1. The lowest BCUT2D eigenvalue weighted by Crippen LogP contribution is -2.11. The Kier molecular flexibility index (Phi) is 5.08. The first-order valence-electron chi connectivity index (χ1n) is 6.35. The molecule has 1 aromatic carbocycles. The lowest BCUT2D eigenvalue weighted by Gasteiger charge is -2.10. The molecule has 0 unspecified atom stereocenters. The molecule has 0 aliphatic heterocycles. The van der Waals surface area contributed by atoms with Crippen LogP contribution in [0.3, 0.4) is 0 Å². The van der Waals surface area contributed by atoms with Gasteiger partial charge in [0, 0.05) is 6.20 Å². The molecule has 5 heteroatoms. The fourth-order valence-corrected chi connectivity index (χ4v) is 1.62. The summed E-state index contributed by atoms with van der Waals surface area (Å²) < 4.78 is 4.96. The highest BCUT2D eigenvalue weighted by atomic mass is 16.6. The second kappa shape index (κ2) is 7.25. The van der Waals surface area contributed by atoms with Crippen molar-refractivity contribution in [3.05, 3.63) is 59.8 Å². The van der Waals surface area contributed by atoms with Crippen LogP contribution in [0.5, 0.6) is 0 Å². The molecule has 1 aromatic heterocycles. The second-order valence-corrected chi connectivity index (χ2v) is 4.00. The van der Waals surface area contributed by atoms with Crippen LogP contribution in [0.4, 0.5) is 5.82 Å². The van der Waals surface area contributed by atoms with E-state index in [2.05, 4.69) is 10.5 Å². The highest BCUT2D eigenvalue weighted by molar-refractivity contribution is 5.94. The molecule has 0 fully saturated rings. The Hall–Kier alpha value is -2.40. The number of hydrogen-bond acceptors (Lipinski definition) is 5. The summed E-state index contributed by atoms with van der Waals surface area (Å²) in [5, 5.41) is 0. The first-order valence-corrected chi connectivity index (χ1v) is 6.35. The number of pyridine rings is 1. The third-order valence-electron chi connectivity index (χ3n) is 2.55. The molecule has 0 amide bonds. The van der Waals surface area contributed by atoms with Crippen molar-refractivity contribution in [1.82, 2.24) is 4.98 Å². The minimum Gasteiger partial charge on any atom is -0.462 e. The van der Waals surface area contributed by atoms with Gasteiger partial charge in [0.2, 0.25) is 0 Å². The van der Waals surface area contributed by atoms with Gasteiger partial charge in [-0.1, -0.05) is 30.3 Å². The number of carbonyl (C=O) groups excluding carboxylic acids is 1. The topological polar surface area (TPSA) is 60.5 Å². The number of ether oxygens (including phenoxy) is 1. The molecular weight excluding hydrogens is 256 g/mol. The minimum absolute atomic E-state index is 0.318. The van der Waals surface area contributed by atoms with E-state index >= 15 is 0 Å². The van der Waals surface area contributed by atoms with E-state index in [1.807, 2.05) is 30.3 Å². The van der Waals surface area contributed by atoms with Crippen LogP contribution in [-0.2, 0) is 16.2 Å². The predicted molar refractivity (Wildman–Crippen MR) is 75.0 cm³/mol. The SMILES string of the molecule is CCOC(=O)c1cccnc1NOCc1ccccc1.